The minimum absolute atomic E-state index is 0.00851. The smallest absolute Gasteiger partial charge is 0.259 e. The summed E-state index contributed by atoms with van der Waals surface area (Å²) >= 11 is 0. The third kappa shape index (κ3) is 2.91. The standard InChI is InChI=1S/C15H16N2O2/c1-3-17(13-6-4-11(2)5-7-13)15(19)12-8-14(18)10-16-9-12/h4-10,18H,3H2,1-2H3. The van der Waals surface area contributed by atoms with Crippen LogP contribution in [-0.4, -0.2) is 22.5 Å². The summed E-state index contributed by atoms with van der Waals surface area (Å²) in [5.74, 6) is -0.180. The van der Waals surface area contributed by atoms with Crippen molar-refractivity contribution in [2.75, 3.05) is 11.4 Å². The van der Waals surface area contributed by atoms with Gasteiger partial charge in [0.2, 0.25) is 0 Å². The number of pyridine rings is 1. The van der Waals surface area contributed by atoms with Crippen molar-refractivity contribution in [3.05, 3.63) is 53.9 Å². The number of aromatic nitrogens is 1. The van der Waals surface area contributed by atoms with E-state index in [9.17, 15) is 9.90 Å². The minimum atomic E-state index is -0.172. The summed E-state index contributed by atoms with van der Waals surface area (Å²) < 4.78 is 0. The van der Waals surface area contributed by atoms with Gasteiger partial charge in [0.15, 0.2) is 0 Å². The zero-order valence-electron chi connectivity index (χ0n) is 11.0. The maximum absolute atomic E-state index is 12.4. The van der Waals surface area contributed by atoms with E-state index >= 15 is 0 Å². The number of rotatable bonds is 3. The van der Waals surface area contributed by atoms with Crippen LogP contribution in [0, 0.1) is 6.92 Å². The Morgan fingerprint density at radius 3 is 2.53 bits per heavy atom. The molecule has 0 aliphatic carbocycles. The van der Waals surface area contributed by atoms with Crippen LogP contribution >= 0.6 is 0 Å². The predicted octanol–water partition coefficient (Wildman–Crippen LogP) is 2.76. The van der Waals surface area contributed by atoms with Crippen molar-refractivity contribution in [3.63, 3.8) is 0 Å². The zero-order chi connectivity index (χ0) is 13.8. The van der Waals surface area contributed by atoms with Gasteiger partial charge in [-0.05, 0) is 32.0 Å². The van der Waals surface area contributed by atoms with Gasteiger partial charge in [-0.15, -0.1) is 0 Å². The van der Waals surface area contributed by atoms with Crippen LogP contribution < -0.4 is 4.90 Å². The molecule has 98 valence electrons. The number of nitrogens with zero attached hydrogens (tertiary/aromatic N) is 2. The highest BCUT2D eigenvalue weighted by Crippen LogP contribution is 2.19. The van der Waals surface area contributed by atoms with Crippen LogP contribution in [0.4, 0.5) is 5.69 Å². The highest BCUT2D eigenvalue weighted by molar-refractivity contribution is 6.06. The number of carbonyl (C=O) groups is 1. The highest BCUT2D eigenvalue weighted by atomic mass is 16.3. The Balaban J connectivity index is 2.31. The molecule has 0 fully saturated rings. The highest BCUT2D eigenvalue weighted by Gasteiger charge is 2.16. The first-order chi connectivity index (χ1) is 9.11. The average Bonchev–Trinajstić information content (AvgIpc) is 2.41. The molecule has 0 atom stereocenters. The normalized spacial score (nSPS) is 10.2. The van der Waals surface area contributed by atoms with Crippen molar-refractivity contribution < 1.29 is 9.90 Å². The molecule has 1 aromatic heterocycles. The molecule has 4 nitrogen and oxygen atoms in total. The number of hydrogen-bond donors (Lipinski definition) is 1. The molecular formula is C15H16N2O2. The molecule has 2 aromatic rings. The maximum Gasteiger partial charge on any atom is 0.259 e. The van der Waals surface area contributed by atoms with Crippen molar-refractivity contribution in [1.29, 1.82) is 0 Å². The van der Waals surface area contributed by atoms with Gasteiger partial charge in [-0.25, -0.2) is 0 Å². The number of carbonyl (C=O) groups excluding carboxylic acids is 1. The van der Waals surface area contributed by atoms with Crippen molar-refractivity contribution in [2.24, 2.45) is 0 Å². The number of benzene rings is 1. The van der Waals surface area contributed by atoms with E-state index < -0.39 is 0 Å². The third-order valence-electron chi connectivity index (χ3n) is 2.88. The lowest BCUT2D eigenvalue weighted by Crippen LogP contribution is -2.30. The minimum Gasteiger partial charge on any atom is -0.506 e. The molecule has 1 aromatic carbocycles. The Morgan fingerprint density at radius 2 is 1.95 bits per heavy atom. The van der Waals surface area contributed by atoms with E-state index in [1.54, 1.807) is 4.90 Å². The Labute approximate surface area is 112 Å². The van der Waals surface area contributed by atoms with Crippen LogP contribution in [-0.2, 0) is 0 Å². The van der Waals surface area contributed by atoms with E-state index in [-0.39, 0.29) is 11.7 Å². The molecule has 0 aliphatic rings. The third-order valence-corrected chi connectivity index (χ3v) is 2.88. The van der Waals surface area contributed by atoms with E-state index in [2.05, 4.69) is 4.98 Å². The molecule has 19 heavy (non-hydrogen) atoms. The second-order valence-electron chi connectivity index (χ2n) is 4.32. The second-order valence-corrected chi connectivity index (χ2v) is 4.32. The summed E-state index contributed by atoms with van der Waals surface area (Å²) in [5.41, 5.74) is 2.36. The molecule has 0 saturated heterocycles. The van der Waals surface area contributed by atoms with E-state index in [0.717, 1.165) is 11.3 Å². The van der Waals surface area contributed by atoms with Gasteiger partial charge in [0, 0.05) is 18.4 Å². The van der Waals surface area contributed by atoms with E-state index in [0.29, 0.717) is 12.1 Å². The summed E-state index contributed by atoms with van der Waals surface area (Å²) in [6.45, 7) is 4.46. The van der Waals surface area contributed by atoms with Gasteiger partial charge in [-0.2, -0.15) is 0 Å². The summed E-state index contributed by atoms with van der Waals surface area (Å²) in [4.78, 5) is 17.9. The lowest BCUT2D eigenvalue weighted by molar-refractivity contribution is 0.0987. The number of aryl methyl sites for hydroxylation is 1. The Bertz CT molecular complexity index is 579. The molecule has 1 heterocycles. The number of aromatic hydroxyl groups is 1. The first kappa shape index (κ1) is 13.1. The number of amides is 1. The van der Waals surface area contributed by atoms with Crippen LogP contribution in [0.25, 0.3) is 0 Å². The number of anilines is 1. The van der Waals surface area contributed by atoms with Crippen molar-refractivity contribution in [1.82, 2.24) is 4.98 Å². The summed E-state index contributed by atoms with van der Waals surface area (Å²) in [6.07, 6.45) is 2.76. The quantitative estimate of drug-likeness (QED) is 0.918. The topological polar surface area (TPSA) is 53.4 Å². The molecule has 0 unspecified atom stereocenters. The fourth-order valence-corrected chi connectivity index (χ4v) is 1.87. The monoisotopic (exact) mass is 256 g/mol. The fourth-order valence-electron chi connectivity index (χ4n) is 1.87. The Hall–Kier alpha value is -2.36. The van der Waals surface area contributed by atoms with E-state index in [1.165, 1.54) is 18.5 Å². The average molecular weight is 256 g/mol. The molecular weight excluding hydrogens is 240 g/mol. The van der Waals surface area contributed by atoms with Crippen molar-refractivity contribution >= 4 is 11.6 Å². The number of hydrogen-bond acceptors (Lipinski definition) is 3. The fraction of sp³-hybridized carbons (Fsp3) is 0.200. The van der Waals surface area contributed by atoms with Gasteiger partial charge in [0.25, 0.3) is 5.91 Å². The van der Waals surface area contributed by atoms with Crippen LogP contribution in [0.5, 0.6) is 5.75 Å². The maximum atomic E-state index is 12.4. The van der Waals surface area contributed by atoms with Gasteiger partial charge in [-0.1, -0.05) is 17.7 Å². The Morgan fingerprint density at radius 1 is 1.26 bits per heavy atom. The molecule has 0 radical (unpaired) electrons. The van der Waals surface area contributed by atoms with Crippen LogP contribution in [0.2, 0.25) is 0 Å². The van der Waals surface area contributed by atoms with Crippen LogP contribution in [0.1, 0.15) is 22.8 Å². The first-order valence-corrected chi connectivity index (χ1v) is 6.14. The lowest BCUT2D eigenvalue weighted by atomic mass is 10.2. The molecule has 4 heteroatoms. The summed E-state index contributed by atoms with van der Waals surface area (Å²) in [6, 6.07) is 9.17. The van der Waals surface area contributed by atoms with Crippen molar-refractivity contribution in [3.8, 4) is 5.75 Å². The largest absolute Gasteiger partial charge is 0.506 e. The molecule has 0 spiro atoms. The zero-order valence-corrected chi connectivity index (χ0v) is 11.0. The van der Waals surface area contributed by atoms with Gasteiger partial charge >= 0.3 is 0 Å². The van der Waals surface area contributed by atoms with Gasteiger partial charge in [-0.3, -0.25) is 9.78 Å². The van der Waals surface area contributed by atoms with Gasteiger partial charge < -0.3 is 10.0 Å². The molecule has 0 bridgehead atoms. The van der Waals surface area contributed by atoms with Crippen molar-refractivity contribution in [2.45, 2.75) is 13.8 Å². The molecule has 0 saturated carbocycles. The van der Waals surface area contributed by atoms with Gasteiger partial charge in [0.05, 0.1) is 11.8 Å². The predicted molar refractivity (Wildman–Crippen MR) is 74.4 cm³/mol. The van der Waals surface area contributed by atoms with Crippen LogP contribution in [0.3, 0.4) is 0 Å². The van der Waals surface area contributed by atoms with E-state index in [1.807, 2.05) is 38.1 Å². The van der Waals surface area contributed by atoms with Gasteiger partial charge in [0.1, 0.15) is 5.75 Å². The SMILES string of the molecule is CCN(C(=O)c1cncc(O)c1)c1ccc(C)cc1. The van der Waals surface area contributed by atoms with Crippen LogP contribution in [0.15, 0.2) is 42.7 Å². The lowest BCUT2D eigenvalue weighted by Gasteiger charge is -2.21. The molecule has 0 aliphatic heterocycles. The summed E-state index contributed by atoms with van der Waals surface area (Å²) in [7, 11) is 0. The molecule has 2 rings (SSSR count). The Kier molecular flexibility index (Phi) is 3.80. The molecule has 1 N–H and O–H groups in total. The first-order valence-electron chi connectivity index (χ1n) is 6.14. The second kappa shape index (κ2) is 5.52. The molecule has 1 amide bonds. The van der Waals surface area contributed by atoms with E-state index in [4.69, 9.17) is 0 Å². The summed E-state index contributed by atoms with van der Waals surface area (Å²) in [5, 5.41) is 9.39.